The molecule has 0 saturated heterocycles. The number of unbranched alkanes of at least 4 members (excludes halogenated alkanes) is 1. The smallest absolute Gasteiger partial charge is 0.222 e. The van der Waals surface area contributed by atoms with Gasteiger partial charge in [-0.1, -0.05) is 22.0 Å². The Morgan fingerprint density at radius 3 is 2.82 bits per heavy atom. The molecular weight excluding hydrogens is 280 g/mol. The number of hydrogen-bond acceptors (Lipinski definition) is 2. The molecule has 0 atom stereocenters. The lowest BCUT2D eigenvalue weighted by Crippen LogP contribution is -2.26. The molecule has 0 aliphatic carbocycles. The van der Waals surface area contributed by atoms with Crippen LogP contribution in [0.2, 0.25) is 0 Å². The fourth-order valence-corrected chi connectivity index (χ4v) is 1.98. The summed E-state index contributed by atoms with van der Waals surface area (Å²) in [5.41, 5.74) is 1.93. The molecule has 0 unspecified atom stereocenters. The SMILES string of the molecule is Cc1cccc(CN(C)C(=O)CCCCBr)n1. The van der Waals surface area contributed by atoms with Crippen LogP contribution in [0.5, 0.6) is 0 Å². The van der Waals surface area contributed by atoms with Crippen LogP contribution in [0.15, 0.2) is 18.2 Å². The third kappa shape index (κ3) is 5.31. The van der Waals surface area contributed by atoms with Gasteiger partial charge < -0.3 is 4.90 Å². The number of halogens is 1. The highest BCUT2D eigenvalue weighted by atomic mass is 79.9. The van der Waals surface area contributed by atoms with Crippen molar-refractivity contribution in [2.24, 2.45) is 0 Å². The number of pyridine rings is 1. The fourth-order valence-electron chi connectivity index (χ4n) is 1.58. The highest BCUT2D eigenvalue weighted by Crippen LogP contribution is 2.06. The molecule has 1 heterocycles. The zero-order valence-electron chi connectivity index (χ0n) is 10.4. The van der Waals surface area contributed by atoms with E-state index in [2.05, 4.69) is 20.9 Å². The molecule has 3 nitrogen and oxygen atoms in total. The lowest BCUT2D eigenvalue weighted by molar-refractivity contribution is -0.130. The first kappa shape index (κ1) is 14.2. The molecule has 0 bridgehead atoms. The number of hydrogen-bond donors (Lipinski definition) is 0. The van der Waals surface area contributed by atoms with Crippen LogP contribution in [0.4, 0.5) is 0 Å². The molecule has 1 rings (SSSR count). The van der Waals surface area contributed by atoms with Crippen molar-refractivity contribution in [1.29, 1.82) is 0 Å². The van der Waals surface area contributed by atoms with E-state index < -0.39 is 0 Å². The average molecular weight is 299 g/mol. The van der Waals surface area contributed by atoms with Crippen LogP contribution in [0.1, 0.15) is 30.7 Å². The number of aromatic nitrogens is 1. The summed E-state index contributed by atoms with van der Waals surface area (Å²) >= 11 is 3.36. The van der Waals surface area contributed by atoms with Crippen LogP contribution in [0.25, 0.3) is 0 Å². The van der Waals surface area contributed by atoms with Crippen molar-refractivity contribution in [3.63, 3.8) is 0 Å². The van der Waals surface area contributed by atoms with Gasteiger partial charge in [0.1, 0.15) is 0 Å². The Morgan fingerprint density at radius 2 is 2.18 bits per heavy atom. The zero-order valence-corrected chi connectivity index (χ0v) is 12.0. The van der Waals surface area contributed by atoms with Gasteiger partial charge in [0.05, 0.1) is 12.2 Å². The molecule has 0 aliphatic heterocycles. The van der Waals surface area contributed by atoms with Crippen LogP contribution in [-0.2, 0) is 11.3 Å². The highest BCUT2D eigenvalue weighted by molar-refractivity contribution is 9.09. The number of amides is 1. The second-order valence-corrected chi connectivity index (χ2v) is 4.96. The Bertz CT molecular complexity index is 368. The minimum Gasteiger partial charge on any atom is -0.340 e. The molecule has 0 N–H and O–H groups in total. The van der Waals surface area contributed by atoms with Gasteiger partial charge in [0.25, 0.3) is 0 Å². The quantitative estimate of drug-likeness (QED) is 0.598. The van der Waals surface area contributed by atoms with Crippen LogP contribution in [-0.4, -0.2) is 28.2 Å². The molecule has 94 valence electrons. The lowest BCUT2D eigenvalue weighted by Gasteiger charge is -2.16. The Hall–Kier alpha value is -0.900. The number of aryl methyl sites for hydroxylation is 1. The van der Waals surface area contributed by atoms with Crippen LogP contribution >= 0.6 is 15.9 Å². The first-order chi connectivity index (χ1) is 8.13. The van der Waals surface area contributed by atoms with Gasteiger partial charge >= 0.3 is 0 Å². The van der Waals surface area contributed by atoms with E-state index in [1.807, 2.05) is 32.2 Å². The average Bonchev–Trinajstić information content (AvgIpc) is 2.29. The second-order valence-electron chi connectivity index (χ2n) is 4.17. The van der Waals surface area contributed by atoms with E-state index in [-0.39, 0.29) is 5.91 Å². The van der Waals surface area contributed by atoms with Crippen molar-refractivity contribution in [3.05, 3.63) is 29.6 Å². The Balaban J connectivity index is 2.43. The number of nitrogens with zero attached hydrogens (tertiary/aromatic N) is 2. The monoisotopic (exact) mass is 298 g/mol. The van der Waals surface area contributed by atoms with Crippen molar-refractivity contribution >= 4 is 21.8 Å². The summed E-state index contributed by atoms with van der Waals surface area (Å²) in [6, 6.07) is 5.89. The van der Waals surface area contributed by atoms with E-state index in [1.54, 1.807) is 4.90 Å². The Labute approximate surface area is 111 Å². The van der Waals surface area contributed by atoms with Crippen LogP contribution < -0.4 is 0 Å². The standard InChI is InChI=1S/C13H19BrN2O/c1-11-6-5-7-12(15-11)10-16(2)13(17)8-3-4-9-14/h5-7H,3-4,8-10H2,1-2H3. The molecule has 17 heavy (non-hydrogen) atoms. The largest absolute Gasteiger partial charge is 0.340 e. The molecule has 0 aromatic carbocycles. The number of alkyl halides is 1. The third-order valence-electron chi connectivity index (χ3n) is 2.55. The van der Waals surface area contributed by atoms with Gasteiger partial charge in [-0.3, -0.25) is 9.78 Å². The first-order valence-corrected chi connectivity index (χ1v) is 6.98. The van der Waals surface area contributed by atoms with Gasteiger partial charge in [-0.25, -0.2) is 0 Å². The predicted molar refractivity (Wildman–Crippen MR) is 73.1 cm³/mol. The summed E-state index contributed by atoms with van der Waals surface area (Å²) < 4.78 is 0. The van der Waals surface area contributed by atoms with Gasteiger partial charge in [-0.2, -0.15) is 0 Å². The van der Waals surface area contributed by atoms with Crippen LogP contribution in [0.3, 0.4) is 0 Å². The predicted octanol–water partition coefficient (Wildman–Crippen LogP) is 2.91. The highest BCUT2D eigenvalue weighted by Gasteiger charge is 2.09. The molecule has 0 spiro atoms. The van der Waals surface area contributed by atoms with E-state index in [9.17, 15) is 4.79 Å². The lowest BCUT2D eigenvalue weighted by atomic mass is 10.2. The van der Waals surface area contributed by atoms with Gasteiger partial charge in [-0.15, -0.1) is 0 Å². The van der Waals surface area contributed by atoms with E-state index in [0.717, 1.165) is 29.6 Å². The minimum atomic E-state index is 0.189. The first-order valence-electron chi connectivity index (χ1n) is 5.86. The molecule has 0 radical (unpaired) electrons. The number of carbonyl (C=O) groups excluding carboxylic acids is 1. The summed E-state index contributed by atoms with van der Waals surface area (Å²) in [5, 5.41) is 0.962. The van der Waals surface area contributed by atoms with Crippen molar-refractivity contribution in [2.75, 3.05) is 12.4 Å². The van der Waals surface area contributed by atoms with E-state index in [0.29, 0.717) is 13.0 Å². The molecule has 1 aromatic heterocycles. The molecular formula is C13H19BrN2O. The molecule has 0 saturated carbocycles. The normalized spacial score (nSPS) is 10.3. The minimum absolute atomic E-state index is 0.189. The Kier molecular flexibility index (Phi) is 6.19. The molecule has 0 aliphatic rings. The molecule has 0 fully saturated rings. The number of rotatable bonds is 6. The van der Waals surface area contributed by atoms with Crippen LogP contribution in [0, 0.1) is 6.92 Å². The maximum atomic E-state index is 11.8. The van der Waals surface area contributed by atoms with Crippen molar-refractivity contribution in [3.8, 4) is 0 Å². The summed E-state index contributed by atoms with van der Waals surface area (Å²) in [6.07, 6.45) is 2.60. The Morgan fingerprint density at radius 1 is 1.41 bits per heavy atom. The van der Waals surface area contributed by atoms with Gasteiger partial charge in [0, 0.05) is 24.5 Å². The second kappa shape index (κ2) is 7.43. The summed E-state index contributed by atoms with van der Waals surface area (Å²) in [7, 11) is 1.83. The van der Waals surface area contributed by atoms with E-state index in [1.165, 1.54) is 0 Å². The van der Waals surface area contributed by atoms with Gasteiger partial charge in [0.15, 0.2) is 0 Å². The van der Waals surface area contributed by atoms with E-state index in [4.69, 9.17) is 0 Å². The molecule has 1 aromatic rings. The maximum Gasteiger partial charge on any atom is 0.222 e. The number of carbonyl (C=O) groups is 1. The van der Waals surface area contributed by atoms with Gasteiger partial charge in [0.2, 0.25) is 5.91 Å². The maximum absolute atomic E-state index is 11.8. The topological polar surface area (TPSA) is 33.2 Å². The van der Waals surface area contributed by atoms with Crippen molar-refractivity contribution in [2.45, 2.75) is 32.7 Å². The zero-order chi connectivity index (χ0) is 12.7. The third-order valence-corrected chi connectivity index (χ3v) is 3.11. The molecule has 1 amide bonds. The van der Waals surface area contributed by atoms with Crippen molar-refractivity contribution < 1.29 is 4.79 Å². The summed E-state index contributed by atoms with van der Waals surface area (Å²) in [6.45, 7) is 2.55. The molecule has 4 heteroatoms. The summed E-state index contributed by atoms with van der Waals surface area (Å²) in [4.78, 5) is 17.9. The summed E-state index contributed by atoms with van der Waals surface area (Å²) in [5.74, 6) is 0.189. The van der Waals surface area contributed by atoms with E-state index >= 15 is 0 Å². The van der Waals surface area contributed by atoms with Gasteiger partial charge in [-0.05, 0) is 31.9 Å². The van der Waals surface area contributed by atoms with Crippen molar-refractivity contribution in [1.82, 2.24) is 9.88 Å². The fraction of sp³-hybridized carbons (Fsp3) is 0.538.